The van der Waals surface area contributed by atoms with Crippen LogP contribution in [0, 0.1) is 0 Å². The molecule has 2 atom stereocenters. The number of rotatable bonds is 23. The second-order valence-corrected chi connectivity index (χ2v) is 10.0. The molecule has 0 radical (unpaired) electrons. The van der Waals surface area contributed by atoms with E-state index in [0.29, 0.717) is 19.3 Å². The highest BCUT2D eigenvalue weighted by Crippen LogP contribution is 2.14. The van der Waals surface area contributed by atoms with Crippen LogP contribution >= 0.6 is 0 Å². The third-order valence-corrected chi connectivity index (χ3v) is 6.62. The van der Waals surface area contributed by atoms with Crippen LogP contribution in [0.3, 0.4) is 0 Å². The predicted octanol–water partition coefficient (Wildman–Crippen LogP) is 5.75. The summed E-state index contributed by atoms with van der Waals surface area (Å²) in [5.41, 5.74) is 0. The van der Waals surface area contributed by atoms with Gasteiger partial charge in [-0.15, -0.1) is 0 Å². The van der Waals surface area contributed by atoms with Crippen LogP contribution < -0.4 is 5.32 Å². The molecule has 1 unspecified atom stereocenters. The summed E-state index contributed by atoms with van der Waals surface area (Å²) >= 11 is 0. The van der Waals surface area contributed by atoms with E-state index in [4.69, 9.17) is 9.47 Å². The van der Waals surface area contributed by atoms with Gasteiger partial charge in [-0.1, -0.05) is 110 Å². The molecule has 1 amide bonds. The maximum Gasteiger partial charge on any atom is 0.328 e. The Hall–Kier alpha value is -1.63. The van der Waals surface area contributed by atoms with E-state index in [2.05, 4.69) is 12.2 Å². The Morgan fingerprint density at radius 3 is 1.71 bits per heavy atom. The minimum atomic E-state index is -1.06. The molecule has 0 aliphatic carbocycles. The summed E-state index contributed by atoms with van der Waals surface area (Å²) in [6, 6.07) is -0.642. The Morgan fingerprint density at radius 1 is 0.800 bits per heavy atom. The average Bonchev–Trinajstić information content (AvgIpc) is 3.29. The van der Waals surface area contributed by atoms with E-state index in [1.165, 1.54) is 89.9 Å². The van der Waals surface area contributed by atoms with Crippen LogP contribution in [0.25, 0.3) is 0 Å². The summed E-state index contributed by atoms with van der Waals surface area (Å²) in [5, 5.41) is 12.3. The number of hydrogen-bond donors (Lipinski definition) is 2. The van der Waals surface area contributed by atoms with Gasteiger partial charge in [0, 0.05) is 12.8 Å². The van der Waals surface area contributed by atoms with Crippen molar-refractivity contribution in [2.24, 2.45) is 0 Å². The van der Waals surface area contributed by atoms with Crippen molar-refractivity contribution >= 4 is 17.8 Å². The Labute approximate surface area is 213 Å². The van der Waals surface area contributed by atoms with Gasteiger partial charge in [0.1, 0.15) is 25.4 Å². The van der Waals surface area contributed by atoms with Gasteiger partial charge in [0.05, 0.1) is 0 Å². The topological polar surface area (TPSA) is 102 Å². The fourth-order valence-corrected chi connectivity index (χ4v) is 4.37. The van der Waals surface area contributed by atoms with Gasteiger partial charge in [-0.3, -0.25) is 9.59 Å². The normalized spacial score (nSPS) is 16.2. The first-order valence-electron chi connectivity index (χ1n) is 14.3. The molecule has 1 rings (SSSR count). The number of aliphatic hydroxyl groups excluding tert-OH is 1. The van der Waals surface area contributed by atoms with Crippen molar-refractivity contribution in [3.8, 4) is 0 Å². The highest BCUT2D eigenvalue weighted by atomic mass is 16.6. The van der Waals surface area contributed by atoms with Crippen molar-refractivity contribution < 1.29 is 29.0 Å². The average molecular weight is 498 g/mol. The lowest BCUT2D eigenvalue weighted by molar-refractivity contribution is -0.154. The molecule has 0 bridgehead atoms. The van der Waals surface area contributed by atoms with Crippen molar-refractivity contribution in [1.29, 1.82) is 0 Å². The zero-order chi connectivity index (χ0) is 25.6. The van der Waals surface area contributed by atoms with Crippen molar-refractivity contribution in [2.75, 3.05) is 13.2 Å². The smallest absolute Gasteiger partial charge is 0.328 e. The molecule has 1 aliphatic heterocycles. The molecule has 204 valence electrons. The second-order valence-electron chi connectivity index (χ2n) is 10.0. The summed E-state index contributed by atoms with van der Waals surface area (Å²) in [4.78, 5) is 34.7. The largest absolute Gasteiger partial charge is 0.463 e. The van der Waals surface area contributed by atoms with Crippen LogP contribution in [0.4, 0.5) is 0 Å². The van der Waals surface area contributed by atoms with Crippen LogP contribution in [0.15, 0.2) is 0 Å². The molecule has 0 spiro atoms. The molecular formula is C28H51NO6. The molecular weight excluding hydrogens is 446 g/mol. The predicted molar refractivity (Wildman–Crippen MR) is 138 cm³/mol. The Morgan fingerprint density at radius 2 is 1.26 bits per heavy atom. The molecule has 7 nitrogen and oxygen atoms in total. The van der Waals surface area contributed by atoms with E-state index in [9.17, 15) is 19.5 Å². The van der Waals surface area contributed by atoms with E-state index in [1.54, 1.807) is 0 Å². The number of aliphatic hydroxyl groups is 1. The van der Waals surface area contributed by atoms with E-state index in [0.717, 1.165) is 19.3 Å². The number of hydrogen-bond acceptors (Lipinski definition) is 6. The minimum absolute atomic E-state index is 0.175. The monoisotopic (exact) mass is 497 g/mol. The number of carbonyl (C=O) groups is 3. The molecule has 1 fully saturated rings. The lowest BCUT2D eigenvalue weighted by Gasteiger charge is -2.14. The van der Waals surface area contributed by atoms with Crippen LogP contribution in [0.1, 0.15) is 135 Å². The molecule has 0 aromatic rings. The maximum atomic E-state index is 11.8. The second kappa shape index (κ2) is 21.6. The van der Waals surface area contributed by atoms with E-state index in [-0.39, 0.29) is 25.1 Å². The van der Waals surface area contributed by atoms with Crippen molar-refractivity contribution in [1.82, 2.24) is 5.32 Å². The Kier molecular flexibility index (Phi) is 19.4. The summed E-state index contributed by atoms with van der Waals surface area (Å²) in [6.45, 7) is 1.82. The zero-order valence-corrected chi connectivity index (χ0v) is 22.2. The summed E-state index contributed by atoms with van der Waals surface area (Å²) < 4.78 is 10.0. The van der Waals surface area contributed by atoms with Crippen LogP contribution in [0.5, 0.6) is 0 Å². The van der Waals surface area contributed by atoms with E-state index in [1.807, 2.05) is 0 Å². The van der Waals surface area contributed by atoms with Gasteiger partial charge in [-0.05, 0) is 12.8 Å². The van der Waals surface area contributed by atoms with Crippen LogP contribution in [0.2, 0.25) is 0 Å². The van der Waals surface area contributed by atoms with Crippen molar-refractivity contribution in [3.05, 3.63) is 0 Å². The lowest BCUT2D eigenvalue weighted by Crippen LogP contribution is -2.36. The third kappa shape index (κ3) is 18.3. The fourth-order valence-electron chi connectivity index (χ4n) is 4.37. The van der Waals surface area contributed by atoms with Gasteiger partial charge in [-0.25, -0.2) is 4.79 Å². The molecule has 35 heavy (non-hydrogen) atoms. The van der Waals surface area contributed by atoms with Gasteiger partial charge in [0.25, 0.3) is 0 Å². The summed E-state index contributed by atoms with van der Waals surface area (Å²) in [7, 11) is 0. The van der Waals surface area contributed by atoms with Crippen molar-refractivity contribution in [2.45, 2.75) is 147 Å². The minimum Gasteiger partial charge on any atom is -0.463 e. The number of esters is 2. The maximum absolute atomic E-state index is 11.8. The zero-order valence-electron chi connectivity index (χ0n) is 22.2. The number of unbranched alkanes of at least 4 members (excludes halogenated alkanes) is 16. The number of carbonyl (C=O) groups excluding carboxylic acids is 3. The van der Waals surface area contributed by atoms with Gasteiger partial charge in [-0.2, -0.15) is 0 Å². The first kappa shape index (κ1) is 31.4. The Balaban J connectivity index is 1.81. The SMILES string of the molecule is CCCCCCCCCCCCCCCCCCCC(=O)OCC(O)COC(=O)[C@@H]1CCC(=O)N1. The van der Waals surface area contributed by atoms with E-state index < -0.39 is 18.1 Å². The Bertz CT molecular complexity index is 568. The quantitative estimate of drug-likeness (QED) is 0.138. The summed E-state index contributed by atoms with van der Waals surface area (Å²) in [5.74, 6) is -1.07. The molecule has 7 heteroatoms. The molecule has 0 saturated carbocycles. The van der Waals surface area contributed by atoms with Gasteiger partial charge >= 0.3 is 11.9 Å². The van der Waals surface area contributed by atoms with Crippen molar-refractivity contribution in [3.63, 3.8) is 0 Å². The molecule has 1 saturated heterocycles. The standard InChI is InChI=1S/C28H51NO6/c1-2-3-4-5-6-7-8-9-10-11-12-13-14-15-16-17-18-19-27(32)34-22-24(30)23-35-28(33)25-20-21-26(31)29-25/h24-25,30H,2-23H2,1H3,(H,29,31)/t24?,25-/m0/s1. The highest BCUT2D eigenvalue weighted by Gasteiger charge is 2.28. The molecule has 1 aliphatic rings. The van der Waals surface area contributed by atoms with Crippen LogP contribution in [-0.2, 0) is 23.9 Å². The third-order valence-electron chi connectivity index (χ3n) is 6.62. The summed E-state index contributed by atoms with van der Waals surface area (Å²) in [6.07, 6.45) is 22.0. The molecule has 2 N–H and O–H groups in total. The number of amides is 1. The fraction of sp³-hybridized carbons (Fsp3) is 0.893. The molecule has 0 aromatic heterocycles. The molecule has 0 aromatic carbocycles. The number of ether oxygens (including phenoxy) is 2. The van der Waals surface area contributed by atoms with Crippen LogP contribution in [-0.4, -0.2) is 48.3 Å². The van der Waals surface area contributed by atoms with Gasteiger partial charge < -0.3 is 19.9 Å². The first-order chi connectivity index (χ1) is 17.0. The molecule has 1 heterocycles. The highest BCUT2D eigenvalue weighted by molar-refractivity contribution is 5.88. The number of nitrogens with one attached hydrogen (secondary N) is 1. The first-order valence-corrected chi connectivity index (χ1v) is 14.3. The van der Waals surface area contributed by atoms with Gasteiger partial charge in [0.2, 0.25) is 5.91 Å². The van der Waals surface area contributed by atoms with Gasteiger partial charge in [0.15, 0.2) is 0 Å². The van der Waals surface area contributed by atoms with E-state index >= 15 is 0 Å². The lowest BCUT2D eigenvalue weighted by atomic mass is 10.0.